The maximum Gasteiger partial charge on any atom is 0.222 e. The Balaban J connectivity index is 2.06. The van der Waals surface area contributed by atoms with E-state index in [2.05, 4.69) is 36.1 Å². The third-order valence-corrected chi connectivity index (χ3v) is 4.55. The molecule has 0 saturated heterocycles. The molecule has 1 aliphatic carbocycles. The van der Waals surface area contributed by atoms with Gasteiger partial charge in [0.1, 0.15) is 0 Å². The van der Waals surface area contributed by atoms with E-state index in [1.54, 1.807) is 0 Å². The number of nitrogens with zero attached hydrogens (tertiary/aromatic N) is 2. The molecule has 2 rings (SSSR count). The van der Waals surface area contributed by atoms with Crippen LogP contribution in [0.4, 0.5) is 5.95 Å². The molecule has 0 aliphatic heterocycles. The summed E-state index contributed by atoms with van der Waals surface area (Å²) in [5.74, 6) is 0.733. The summed E-state index contributed by atoms with van der Waals surface area (Å²) in [7, 11) is 0. The number of anilines is 1. The van der Waals surface area contributed by atoms with E-state index < -0.39 is 0 Å². The third kappa shape index (κ3) is 2.59. The van der Waals surface area contributed by atoms with E-state index in [0.29, 0.717) is 12.1 Å². The Morgan fingerprint density at radius 3 is 2.42 bits per heavy atom. The molecule has 2 atom stereocenters. The van der Waals surface area contributed by atoms with Gasteiger partial charge >= 0.3 is 0 Å². The second-order valence-electron chi connectivity index (χ2n) is 5.40. The first kappa shape index (κ1) is 14.3. The molecule has 0 aromatic carbocycles. The van der Waals surface area contributed by atoms with Crippen LogP contribution in [0.5, 0.6) is 0 Å². The van der Waals surface area contributed by atoms with Crippen LogP contribution in [0.3, 0.4) is 0 Å². The van der Waals surface area contributed by atoms with Gasteiger partial charge in [0.2, 0.25) is 5.95 Å². The number of rotatable bonds is 6. The minimum Gasteiger partial charge on any atom is -0.378 e. The summed E-state index contributed by atoms with van der Waals surface area (Å²) < 4.78 is 5.88. The molecule has 4 nitrogen and oxygen atoms in total. The zero-order valence-electron chi connectivity index (χ0n) is 12.4. The molecule has 1 aromatic rings. The van der Waals surface area contributed by atoms with Gasteiger partial charge < -0.3 is 10.1 Å². The summed E-state index contributed by atoms with van der Waals surface area (Å²) in [6.45, 7) is 9.36. The summed E-state index contributed by atoms with van der Waals surface area (Å²) in [5.41, 5.74) is 1.31. The molecule has 19 heavy (non-hydrogen) atoms. The minimum absolute atomic E-state index is 0.226. The van der Waals surface area contributed by atoms with E-state index in [0.717, 1.165) is 37.4 Å². The van der Waals surface area contributed by atoms with Crippen LogP contribution in [-0.4, -0.2) is 28.7 Å². The Bertz CT molecular complexity index is 400. The van der Waals surface area contributed by atoms with Gasteiger partial charge in [0.05, 0.1) is 6.10 Å². The van der Waals surface area contributed by atoms with Crippen LogP contribution in [0.15, 0.2) is 12.4 Å². The molecular weight excluding hydrogens is 238 g/mol. The van der Waals surface area contributed by atoms with Gasteiger partial charge in [-0.25, -0.2) is 9.97 Å². The number of ether oxygens (including phenoxy) is 1. The Labute approximate surface area is 116 Å². The van der Waals surface area contributed by atoms with Gasteiger partial charge in [0, 0.05) is 30.5 Å². The molecule has 0 bridgehead atoms. The number of hydrogen-bond donors (Lipinski definition) is 1. The van der Waals surface area contributed by atoms with Crippen LogP contribution >= 0.6 is 0 Å². The van der Waals surface area contributed by atoms with Gasteiger partial charge in [-0.05, 0) is 38.7 Å². The summed E-state index contributed by atoms with van der Waals surface area (Å²) in [6, 6.07) is 0.418. The smallest absolute Gasteiger partial charge is 0.222 e. The Morgan fingerprint density at radius 1 is 1.26 bits per heavy atom. The average Bonchev–Trinajstić information content (AvgIpc) is 2.41. The van der Waals surface area contributed by atoms with Crippen molar-refractivity contribution >= 4 is 5.95 Å². The molecule has 0 radical (unpaired) electrons. The maximum absolute atomic E-state index is 5.88. The van der Waals surface area contributed by atoms with E-state index in [4.69, 9.17) is 4.74 Å². The molecule has 0 spiro atoms. The van der Waals surface area contributed by atoms with Crippen molar-refractivity contribution in [3.63, 3.8) is 0 Å². The van der Waals surface area contributed by atoms with Crippen molar-refractivity contribution in [1.82, 2.24) is 9.97 Å². The Hall–Kier alpha value is -1.16. The molecule has 1 saturated carbocycles. The predicted molar refractivity (Wildman–Crippen MR) is 77.2 cm³/mol. The molecule has 0 amide bonds. The van der Waals surface area contributed by atoms with E-state index in [9.17, 15) is 0 Å². The normalized spacial score (nSPS) is 24.8. The highest BCUT2D eigenvalue weighted by molar-refractivity contribution is 5.30. The quantitative estimate of drug-likeness (QED) is 0.856. The SMILES string of the molecule is CCOC1CC(Nc2ncc(C)cn2)C1(CC)CC. The second kappa shape index (κ2) is 5.87. The Morgan fingerprint density at radius 2 is 1.89 bits per heavy atom. The fourth-order valence-electron chi connectivity index (χ4n) is 3.21. The monoisotopic (exact) mass is 263 g/mol. The molecule has 1 N–H and O–H groups in total. The topological polar surface area (TPSA) is 47.0 Å². The minimum atomic E-state index is 0.226. The fourth-order valence-corrected chi connectivity index (χ4v) is 3.21. The average molecular weight is 263 g/mol. The highest BCUT2D eigenvalue weighted by Gasteiger charge is 2.53. The van der Waals surface area contributed by atoms with Crippen molar-refractivity contribution in [2.24, 2.45) is 5.41 Å². The van der Waals surface area contributed by atoms with E-state index in [-0.39, 0.29) is 5.41 Å². The lowest BCUT2D eigenvalue weighted by molar-refractivity contribution is -0.122. The van der Waals surface area contributed by atoms with Crippen molar-refractivity contribution in [2.75, 3.05) is 11.9 Å². The van der Waals surface area contributed by atoms with Gasteiger partial charge in [0.15, 0.2) is 0 Å². The number of aryl methyl sites for hydroxylation is 1. The van der Waals surface area contributed by atoms with Crippen LogP contribution in [0, 0.1) is 12.3 Å². The van der Waals surface area contributed by atoms with Crippen molar-refractivity contribution < 1.29 is 4.74 Å². The van der Waals surface area contributed by atoms with Gasteiger partial charge in [-0.15, -0.1) is 0 Å². The molecule has 2 unspecified atom stereocenters. The Kier molecular flexibility index (Phi) is 4.40. The number of nitrogens with one attached hydrogen (secondary N) is 1. The van der Waals surface area contributed by atoms with Crippen LogP contribution in [-0.2, 0) is 4.74 Å². The summed E-state index contributed by atoms with van der Waals surface area (Å²) >= 11 is 0. The molecule has 1 fully saturated rings. The van der Waals surface area contributed by atoms with Crippen LogP contribution < -0.4 is 5.32 Å². The lowest BCUT2D eigenvalue weighted by Crippen LogP contribution is -2.61. The molecule has 106 valence electrons. The first-order valence-electron chi connectivity index (χ1n) is 7.33. The molecule has 1 aromatic heterocycles. The van der Waals surface area contributed by atoms with E-state index >= 15 is 0 Å². The van der Waals surface area contributed by atoms with E-state index in [1.165, 1.54) is 0 Å². The van der Waals surface area contributed by atoms with Crippen LogP contribution in [0.1, 0.15) is 45.6 Å². The van der Waals surface area contributed by atoms with Crippen LogP contribution in [0.25, 0.3) is 0 Å². The van der Waals surface area contributed by atoms with Crippen LogP contribution in [0.2, 0.25) is 0 Å². The van der Waals surface area contributed by atoms with Gasteiger partial charge in [-0.3, -0.25) is 0 Å². The van der Waals surface area contributed by atoms with Crippen molar-refractivity contribution in [2.45, 2.75) is 59.1 Å². The third-order valence-electron chi connectivity index (χ3n) is 4.55. The van der Waals surface area contributed by atoms with E-state index in [1.807, 2.05) is 19.3 Å². The number of hydrogen-bond acceptors (Lipinski definition) is 4. The molecule has 1 heterocycles. The van der Waals surface area contributed by atoms with Crippen molar-refractivity contribution in [3.05, 3.63) is 18.0 Å². The predicted octanol–water partition coefficient (Wildman–Crippen LogP) is 3.18. The summed E-state index contributed by atoms with van der Waals surface area (Å²) in [4.78, 5) is 8.68. The van der Waals surface area contributed by atoms with Crippen molar-refractivity contribution in [3.8, 4) is 0 Å². The van der Waals surface area contributed by atoms with Gasteiger partial charge in [-0.2, -0.15) is 0 Å². The first-order chi connectivity index (χ1) is 9.16. The standard InChI is InChI=1S/C15H25N3O/c1-5-15(6-2)12(8-13(15)19-7-3)18-14-16-9-11(4)10-17-14/h9-10,12-13H,5-8H2,1-4H3,(H,16,17,18). The summed E-state index contributed by atoms with van der Waals surface area (Å²) in [5, 5.41) is 3.48. The highest BCUT2D eigenvalue weighted by atomic mass is 16.5. The zero-order valence-corrected chi connectivity index (χ0v) is 12.4. The van der Waals surface area contributed by atoms with Crippen molar-refractivity contribution in [1.29, 1.82) is 0 Å². The zero-order chi connectivity index (χ0) is 13.9. The summed E-state index contributed by atoms with van der Waals surface area (Å²) in [6.07, 6.45) is 7.37. The second-order valence-corrected chi connectivity index (χ2v) is 5.40. The lowest BCUT2D eigenvalue weighted by Gasteiger charge is -2.55. The highest BCUT2D eigenvalue weighted by Crippen LogP contribution is 2.49. The lowest BCUT2D eigenvalue weighted by atomic mass is 9.58. The first-order valence-corrected chi connectivity index (χ1v) is 7.33. The molecule has 4 heteroatoms. The largest absolute Gasteiger partial charge is 0.378 e. The molecular formula is C15H25N3O. The van der Waals surface area contributed by atoms with Gasteiger partial charge in [-0.1, -0.05) is 13.8 Å². The number of aromatic nitrogens is 2. The van der Waals surface area contributed by atoms with Gasteiger partial charge in [0.25, 0.3) is 0 Å². The maximum atomic E-state index is 5.88. The fraction of sp³-hybridized carbons (Fsp3) is 0.733. The molecule has 1 aliphatic rings.